The molecule has 0 amide bonds. The summed E-state index contributed by atoms with van der Waals surface area (Å²) in [5, 5.41) is 0. The van der Waals surface area contributed by atoms with Crippen LogP contribution in [-0.2, 0) is 6.18 Å². The van der Waals surface area contributed by atoms with E-state index in [1.165, 1.54) is 6.07 Å². The Hall–Kier alpha value is -2.31. The van der Waals surface area contributed by atoms with E-state index in [1.54, 1.807) is 6.07 Å². The van der Waals surface area contributed by atoms with Gasteiger partial charge >= 0.3 is 6.18 Å². The van der Waals surface area contributed by atoms with E-state index in [-0.39, 0.29) is 17.7 Å². The molecule has 1 fully saturated rings. The van der Waals surface area contributed by atoms with Crippen molar-refractivity contribution >= 4 is 11.8 Å². The molecule has 4 N–H and O–H groups in total. The standard InChI is InChI=1S/C16H17F3N4/c17-16(18,19)11-7-3-6-10(8-11)13-12(9-4-1-2-5-9)14(20)23-15(21)22-13/h3,6-9H,1-2,4-5H2,(H4,20,21,22,23). The van der Waals surface area contributed by atoms with Crippen LogP contribution in [0.5, 0.6) is 0 Å². The van der Waals surface area contributed by atoms with Crippen molar-refractivity contribution in [1.29, 1.82) is 0 Å². The number of anilines is 2. The Morgan fingerprint density at radius 3 is 2.39 bits per heavy atom. The molecule has 1 heterocycles. The van der Waals surface area contributed by atoms with E-state index >= 15 is 0 Å². The molecule has 1 aromatic carbocycles. The van der Waals surface area contributed by atoms with Gasteiger partial charge in [0.05, 0.1) is 11.3 Å². The first-order valence-electron chi connectivity index (χ1n) is 7.47. The van der Waals surface area contributed by atoms with Crippen LogP contribution in [0.3, 0.4) is 0 Å². The van der Waals surface area contributed by atoms with Crippen LogP contribution in [0, 0.1) is 0 Å². The second-order valence-electron chi connectivity index (χ2n) is 5.79. The highest BCUT2D eigenvalue weighted by Crippen LogP contribution is 2.42. The van der Waals surface area contributed by atoms with Gasteiger partial charge in [0.25, 0.3) is 0 Å². The lowest BCUT2D eigenvalue weighted by molar-refractivity contribution is -0.137. The Morgan fingerprint density at radius 2 is 1.74 bits per heavy atom. The van der Waals surface area contributed by atoms with Gasteiger partial charge in [-0.25, -0.2) is 4.98 Å². The zero-order valence-corrected chi connectivity index (χ0v) is 12.4. The van der Waals surface area contributed by atoms with Crippen LogP contribution < -0.4 is 11.5 Å². The molecule has 1 aliphatic rings. The summed E-state index contributed by atoms with van der Waals surface area (Å²) in [7, 11) is 0. The summed E-state index contributed by atoms with van der Waals surface area (Å²) in [4.78, 5) is 8.19. The van der Waals surface area contributed by atoms with E-state index in [4.69, 9.17) is 11.5 Å². The van der Waals surface area contributed by atoms with Crippen molar-refractivity contribution in [3.05, 3.63) is 35.4 Å². The average Bonchev–Trinajstić information content (AvgIpc) is 2.99. The van der Waals surface area contributed by atoms with Gasteiger partial charge in [0.15, 0.2) is 0 Å². The third-order valence-corrected chi connectivity index (χ3v) is 4.22. The van der Waals surface area contributed by atoms with Crippen LogP contribution in [0.4, 0.5) is 24.9 Å². The van der Waals surface area contributed by atoms with Crippen LogP contribution >= 0.6 is 0 Å². The zero-order valence-electron chi connectivity index (χ0n) is 12.4. The molecule has 0 unspecified atom stereocenters. The molecular weight excluding hydrogens is 305 g/mol. The van der Waals surface area contributed by atoms with Crippen molar-refractivity contribution in [2.45, 2.75) is 37.8 Å². The fourth-order valence-corrected chi connectivity index (χ4v) is 3.18. The number of nitrogens with zero attached hydrogens (tertiary/aromatic N) is 2. The van der Waals surface area contributed by atoms with Gasteiger partial charge in [-0.1, -0.05) is 25.0 Å². The van der Waals surface area contributed by atoms with E-state index < -0.39 is 11.7 Å². The summed E-state index contributed by atoms with van der Waals surface area (Å²) in [6.45, 7) is 0. The fraction of sp³-hybridized carbons (Fsp3) is 0.375. The van der Waals surface area contributed by atoms with E-state index in [1.807, 2.05) is 0 Å². The van der Waals surface area contributed by atoms with Gasteiger partial charge in [-0.15, -0.1) is 0 Å². The van der Waals surface area contributed by atoms with Gasteiger partial charge in [-0.2, -0.15) is 18.2 Å². The van der Waals surface area contributed by atoms with Gasteiger partial charge in [-0.05, 0) is 30.9 Å². The normalized spacial score (nSPS) is 16.0. The molecular formula is C16H17F3N4. The first-order chi connectivity index (χ1) is 10.9. The molecule has 0 aliphatic heterocycles. The molecule has 0 spiro atoms. The van der Waals surface area contributed by atoms with Crippen LogP contribution in [0.15, 0.2) is 24.3 Å². The van der Waals surface area contributed by atoms with Crippen molar-refractivity contribution in [2.75, 3.05) is 11.5 Å². The number of nitrogens with two attached hydrogens (primary N) is 2. The lowest BCUT2D eigenvalue weighted by Gasteiger charge is -2.18. The van der Waals surface area contributed by atoms with E-state index in [0.29, 0.717) is 11.3 Å². The first kappa shape index (κ1) is 15.6. The Bertz CT molecular complexity index is 722. The number of halogens is 3. The zero-order chi connectivity index (χ0) is 16.6. The third-order valence-electron chi connectivity index (χ3n) is 4.22. The Morgan fingerprint density at radius 1 is 1.04 bits per heavy atom. The Balaban J connectivity index is 2.15. The number of nitrogen functional groups attached to an aromatic ring is 2. The molecule has 7 heteroatoms. The van der Waals surface area contributed by atoms with Gasteiger partial charge in [0.1, 0.15) is 5.82 Å². The summed E-state index contributed by atoms with van der Waals surface area (Å²) in [5.41, 5.74) is 12.4. The van der Waals surface area contributed by atoms with E-state index in [0.717, 1.165) is 43.4 Å². The lowest BCUT2D eigenvalue weighted by Crippen LogP contribution is -2.10. The second kappa shape index (κ2) is 5.72. The third kappa shape index (κ3) is 3.09. The van der Waals surface area contributed by atoms with Crippen LogP contribution in [0.1, 0.15) is 42.7 Å². The smallest absolute Gasteiger partial charge is 0.383 e. The van der Waals surface area contributed by atoms with Gasteiger partial charge in [-0.3, -0.25) is 0 Å². The molecule has 0 bridgehead atoms. The molecule has 0 atom stereocenters. The summed E-state index contributed by atoms with van der Waals surface area (Å²) < 4.78 is 38.9. The first-order valence-corrected chi connectivity index (χ1v) is 7.47. The minimum atomic E-state index is -4.41. The SMILES string of the molecule is Nc1nc(N)c(C2CCCC2)c(-c2cccc(C(F)(F)F)c2)n1. The van der Waals surface area contributed by atoms with Crippen LogP contribution in [0.25, 0.3) is 11.3 Å². The highest BCUT2D eigenvalue weighted by atomic mass is 19.4. The maximum Gasteiger partial charge on any atom is 0.416 e. The second-order valence-corrected chi connectivity index (χ2v) is 5.79. The average molecular weight is 322 g/mol. The Kier molecular flexibility index (Phi) is 3.87. The molecule has 4 nitrogen and oxygen atoms in total. The topological polar surface area (TPSA) is 77.8 Å². The maximum absolute atomic E-state index is 13.0. The predicted octanol–water partition coefficient (Wildman–Crippen LogP) is 3.98. The molecule has 1 aliphatic carbocycles. The molecule has 122 valence electrons. The number of hydrogen-bond acceptors (Lipinski definition) is 4. The summed E-state index contributed by atoms with van der Waals surface area (Å²) in [6, 6.07) is 5.08. The van der Waals surface area contributed by atoms with Crippen LogP contribution in [-0.4, -0.2) is 9.97 Å². The minimum Gasteiger partial charge on any atom is -0.383 e. The molecule has 1 saturated carbocycles. The number of rotatable bonds is 2. The lowest BCUT2D eigenvalue weighted by atomic mass is 9.92. The molecule has 3 rings (SSSR count). The maximum atomic E-state index is 13.0. The Labute approximate surface area is 131 Å². The largest absolute Gasteiger partial charge is 0.416 e. The molecule has 2 aromatic rings. The molecule has 1 aromatic heterocycles. The van der Waals surface area contributed by atoms with Crippen molar-refractivity contribution in [3.63, 3.8) is 0 Å². The van der Waals surface area contributed by atoms with Crippen molar-refractivity contribution in [3.8, 4) is 11.3 Å². The van der Waals surface area contributed by atoms with Gasteiger partial charge < -0.3 is 11.5 Å². The number of alkyl halides is 3. The quantitative estimate of drug-likeness (QED) is 0.876. The highest BCUT2D eigenvalue weighted by Gasteiger charge is 2.31. The van der Waals surface area contributed by atoms with Gasteiger partial charge in [0.2, 0.25) is 5.95 Å². The minimum absolute atomic E-state index is 0.0309. The number of benzene rings is 1. The summed E-state index contributed by atoms with van der Waals surface area (Å²) >= 11 is 0. The summed E-state index contributed by atoms with van der Waals surface area (Å²) in [6.07, 6.45) is -0.409. The van der Waals surface area contributed by atoms with Crippen molar-refractivity contribution in [2.24, 2.45) is 0 Å². The molecule has 23 heavy (non-hydrogen) atoms. The van der Waals surface area contributed by atoms with E-state index in [2.05, 4.69) is 9.97 Å². The predicted molar refractivity (Wildman–Crippen MR) is 82.5 cm³/mol. The molecule has 0 radical (unpaired) electrons. The summed E-state index contributed by atoms with van der Waals surface area (Å²) in [5.74, 6) is 0.397. The highest BCUT2D eigenvalue weighted by molar-refractivity contribution is 5.70. The van der Waals surface area contributed by atoms with Crippen molar-refractivity contribution < 1.29 is 13.2 Å². The van der Waals surface area contributed by atoms with E-state index in [9.17, 15) is 13.2 Å². The molecule has 0 saturated heterocycles. The van der Waals surface area contributed by atoms with Gasteiger partial charge in [0, 0.05) is 11.1 Å². The van der Waals surface area contributed by atoms with Crippen molar-refractivity contribution in [1.82, 2.24) is 9.97 Å². The number of aromatic nitrogens is 2. The fourth-order valence-electron chi connectivity index (χ4n) is 3.18. The van der Waals surface area contributed by atoms with Crippen LogP contribution in [0.2, 0.25) is 0 Å². The number of hydrogen-bond donors (Lipinski definition) is 2. The monoisotopic (exact) mass is 322 g/mol.